The van der Waals surface area contributed by atoms with E-state index in [2.05, 4.69) is 19.8 Å². The molecule has 7 heteroatoms. The van der Waals surface area contributed by atoms with Gasteiger partial charge in [-0.3, -0.25) is 14.5 Å². The number of H-pyrrole nitrogens is 1. The molecule has 0 aromatic carbocycles. The lowest BCUT2D eigenvalue weighted by molar-refractivity contribution is -0.137. The van der Waals surface area contributed by atoms with Crippen LogP contribution >= 0.6 is 0 Å². The largest absolute Gasteiger partial charge is 0.347 e. The van der Waals surface area contributed by atoms with Crippen LogP contribution in [0.3, 0.4) is 0 Å². The lowest BCUT2D eigenvalue weighted by atomic mass is 9.93. The fraction of sp³-hybridized carbons (Fsp3) is 0.750. The summed E-state index contributed by atoms with van der Waals surface area (Å²) in [6.45, 7) is 4.22. The van der Waals surface area contributed by atoms with E-state index in [1.165, 1.54) is 0 Å². The molecular formula is C20H31N5O2. The second-order valence-corrected chi connectivity index (χ2v) is 8.39. The van der Waals surface area contributed by atoms with Gasteiger partial charge in [0.2, 0.25) is 11.8 Å². The number of carbonyl (C=O) groups is 2. The lowest BCUT2D eigenvalue weighted by Gasteiger charge is -2.42. The van der Waals surface area contributed by atoms with E-state index >= 15 is 0 Å². The highest BCUT2D eigenvalue weighted by Crippen LogP contribution is 2.32. The number of nitrogens with zero attached hydrogens (tertiary/aromatic N) is 4. The van der Waals surface area contributed by atoms with Crippen molar-refractivity contribution in [1.29, 1.82) is 0 Å². The standard InChI is InChI=1S/C20H31N5O2/c1-23(14-18-21-8-9-22-18)19(26)16-3-2-10-25(13-16)17-6-11-24(12-7-17)20(27)15-4-5-15/h8-9,15-17H,2-7,10-14H2,1H3,(H,21,22). The van der Waals surface area contributed by atoms with Gasteiger partial charge < -0.3 is 14.8 Å². The monoisotopic (exact) mass is 373 g/mol. The number of piperidine rings is 2. The molecule has 0 bridgehead atoms. The second kappa shape index (κ2) is 8.00. The third-order valence-corrected chi connectivity index (χ3v) is 6.34. The van der Waals surface area contributed by atoms with Crippen molar-refractivity contribution in [3.05, 3.63) is 18.2 Å². The minimum absolute atomic E-state index is 0.0739. The number of hydrogen-bond acceptors (Lipinski definition) is 4. The van der Waals surface area contributed by atoms with Crippen molar-refractivity contribution in [2.24, 2.45) is 11.8 Å². The number of amides is 2. The van der Waals surface area contributed by atoms with Crippen molar-refractivity contribution >= 4 is 11.8 Å². The predicted molar refractivity (Wildman–Crippen MR) is 102 cm³/mol. The molecule has 1 atom stereocenters. The summed E-state index contributed by atoms with van der Waals surface area (Å²) in [5, 5.41) is 0. The predicted octanol–water partition coefficient (Wildman–Crippen LogP) is 1.48. The van der Waals surface area contributed by atoms with Crippen LogP contribution in [-0.4, -0.2) is 75.8 Å². The van der Waals surface area contributed by atoms with Crippen molar-refractivity contribution in [2.75, 3.05) is 33.2 Å². The number of aromatic nitrogens is 2. The highest BCUT2D eigenvalue weighted by atomic mass is 16.2. The van der Waals surface area contributed by atoms with E-state index in [1.807, 2.05) is 7.05 Å². The summed E-state index contributed by atoms with van der Waals surface area (Å²) in [4.78, 5) is 38.8. The van der Waals surface area contributed by atoms with Crippen molar-refractivity contribution in [3.63, 3.8) is 0 Å². The van der Waals surface area contributed by atoms with Gasteiger partial charge in [-0.05, 0) is 45.1 Å². The number of nitrogens with one attached hydrogen (secondary N) is 1. The zero-order valence-electron chi connectivity index (χ0n) is 16.3. The molecule has 3 heterocycles. The van der Waals surface area contributed by atoms with Crippen LogP contribution in [0.15, 0.2) is 12.4 Å². The highest BCUT2D eigenvalue weighted by Gasteiger charge is 2.37. The summed E-state index contributed by atoms with van der Waals surface area (Å²) in [5.41, 5.74) is 0. The second-order valence-electron chi connectivity index (χ2n) is 8.39. The summed E-state index contributed by atoms with van der Waals surface area (Å²) in [5.74, 6) is 1.82. The first kappa shape index (κ1) is 18.5. The molecule has 7 nitrogen and oxygen atoms in total. The summed E-state index contributed by atoms with van der Waals surface area (Å²) < 4.78 is 0. The van der Waals surface area contributed by atoms with E-state index in [9.17, 15) is 9.59 Å². The number of hydrogen-bond donors (Lipinski definition) is 1. The van der Waals surface area contributed by atoms with Gasteiger partial charge >= 0.3 is 0 Å². The number of likely N-dealkylation sites (tertiary alicyclic amines) is 2. The molecule has 1 unspecified atom stereocenters. The third kappa shape index (κ3) is 4.34. The summed E-state index contributed by atoms with van der Waals surface area (Å²) in [6.07, 6.45) is 9.80. The van der Waals surface area contributed by atoms with Gasteiger partial charge in [0.1, 0.15) is 5.82 Å². The van der Waals surface area contributed by atoms with Gasteiger partial charge in [-0.2, -0.15) is 0 Å². The molecule has 2 aliphatic heterocycles. The topological polar surface area (TPSA) is 72.5 Å². The van der Waals surface area contributed by atoms with Gasteiger partial charge in [0.05, 0.1) is 12.5 Å². The normalized spacial score (nSPS) is 24.8. The first-order chi connectivity index (χ1) is 13.1. The Balaban J connectivity index is 1.27. The molecule has 4 rings (SSSR count). The van der Waals surface area contributed by atoms with Crippen LogP contribution in [-0.2, 0) is 16.1 Å². The minimum atomic E-state index is 0.0739. The van der Waals surface area contributed by atoms with Gasteiger partial charge in [-0.25, -0.2) is 4.98 Å². The Kier molecular flexibility index (Phi) is 5.48. The first-order valence-corrected chi connectivity index (χ1v) is 10.4. The number of rotatable bonds is 5. The summed E-state index contributed by atoms with van der Waals surface area (Å²) in [7, 11) is 1.87. The average Bonchev–Trinajstić information content (AvgIpc) is 3.44. The smallest absolute Gasteiger partial charge is 0.227 e. The van der Waals surface area contributed by atoms with Crippen LogP contribution in [0.2, 0.25) is 0 Å². The molecule has 27 heavy (non-hydrogen) atoms. The Morgan fingerprint density at radius 2 is 1.93 bits per heavy atom. The first-order valence-electron chi connectivity index (χ1n) is 10.4. The molecule has 1 N–H and O–H groups in total. The molecule has 1 aliphatic carbocycles. The molecule has 0 radical (unpaired) electrons. The van der Waals surface area contributed by atoms with Crippen LogP contribution in [0.5, 0.6) is 0 Å². The van der Waals surface area contributed by atoms with Gasteiger partial charge in [0.25, 0.3) is 0 Å². The molecule has 3 fully saturated rings. The Labute approximate surface area is 161 Å². The zero-order chi connectivity index (χ0) is 18.8. The van der Waals surface area contributed by atoms with Crippen LogP contribution in [0, 0.1) is 11.8 Å². The Bertz CT molecular complexity index is 649. The van der Waals surface area contributed by atoms with Gasteiger partial charge in [-0.1, -0.05) is 0 Å². The quantitative estimate of drug-likeness (QED) is 0.849. The van der Waals surface area contributed by atoms with Crippen molar-refractivity contribution in [1.82, 2.24) is 24.7 Å². The van der Waals surface area contributed by atoms with E-state index in [0.717, 1.165) is 70.5 Å². The number of aromatic amines is 1. The molecule has 1 aromatic heterocycles. The Hall–Kier alpha value is -1.89. The zero-order valence-corrected chi connectivity index (χ0v) is 16.3. The molecule has 148 valence electrons. The maximum absolute atomic E-state index is 12.9. The van der Waals surface area contributed by atoms with E-state index < -0.39 is 0 Å². The lowest BCUT2D eigenvalue weighted by Crippen LogP contribution is -2.51. The number of carbonyl (C=O) groups excluding carboxylic acids is 2. The average molecular weight is 374 g/mol. The van der Waals surface area contributed by atoms with Crippen LogP contribution in [0.4, 0.5) is 0 Å². The highest BCUT2D eigenvalue weighted by molar-refractivity contribution is 5.81. The van der Waals surface area contributed by atoms with Gasteiger partial charge in [-0.15, -0.1) is 0 Å². The molecule has 1 aromatic rings. The van der Waals surface area contributed by atoms with E-state index in [-0.39, 0.29) is 11.8 Å². The fourth-order valence-corrected chi connectivity index (χ4v) is 4.58. The maximum atomic E-state index is 12.9. The van der Waals surface area contributed by atoms with Crippen LogP contribution in [0.1, 0.15) is 44.3 Å². The summed E-state index contributed by atoms with van der Waals surface area (Å²) >= 11 is 0. The van der Waals surface area contributed by atoms with E-state index in [1.54, 1.807) is 17.3 Å². The molecule has 0 spiro atoms. The van der Waals surface area contributed by atoms with Crippen molar-refractivity contribution in [2.45, 2.75) is 51.1 Å². The van der Waals surface area contributed by atoms with Gasteiger partial charge in [0, 0.05) is 51.0 Å². The minimum Gasteiger partial charge on any atom is -0.347 e. The third-order valence-electron chi connectivity index (χ3n) is 6.34. The molecular weight excluding hydrogens is 342 g/mol. The van der Waals surface area contributed by atoms with Gasteiger partial charge in [0.15, 0.2) is 0 Å². The molecule has 1 saturated carbocycles. The maximum Gasteiger partial charge on any atom is 0.227 e. The molecule has 3 aliphatic rings. The van der Waals surface area contributed by atoms with E-state index in [4.69, 9.17) is 0 Å². The SMILES string of the molecule is CN(Cc1ncc[nH]1)C(=O)C1CCCN(C2CCN(C(=O)C3CC3)CC2)C1. The van der Waals surface area contributed by atoms with Crippen LogP contribution < -0.4 is 0 Å². The fourth-order valence-electron chi connectivity index (χ4n) is 4.58. The molecule has 2 amide bonds. The van der Waals surface area contributed by atoms with Crippen molar-refractivity contribution < 1.29 is 9.59 Å². The molecule has 2 saturated heterocycles. The van der Waals surface area contributed by atoms with E-state index in [0.29, 0.717) is 24.4 Å². The van der Waals surface area contributed by atoms with Crippen LogP contribution in [0.25, 0.3) is 0 Å². The Morgan fingerprint density at radius 1 is 1.15 bits per heavy atom. The summed E-state index contributed by atoms with van der Waals surface area (Å²) in [6, 6.07) is 0.513. The Morgan fingerprint density at radius 3 is 2.59 bits per heavy atom. The number of imidazole rings is 1. The van der Waals surface area contributed by atoms with Crippen molar-refractivity contribution in [3.8, 4) is 0 Å².